The van der Waals surface area contributed by atoms with Crippen LogP contribution >= 0.6 is 15.9 Å². The molecule has 0 saturated carbocycles. The minimum Gasteiger partial charge on any atom is -0.166 e. The minimum atomic E-state index is -4.31. The number of rotatable bonds is 2. The highest BCUT2D eigenvalue weighted by molar-refractivity contribution is 9.10. The van der Waals surface area contributed by atoms with Gasteiger partial charge in [0.2, 0.25) is 0 Å². The maximum atomic E-state index is 12.7. The van der Waals surface area contributed by atoms with Crippen molar-refractivity contribution < 1.29 is 13.2 Å². The molecule has 0 radical (unpaired) electrons. The first kappa shape index (κ1) is 13.1. The summed E-state index contributed by atoms with van der Waals surface area (Å²) in [7, 11) is 0. The molecule has 94 valence electrons. The number of benzene rings is 2. The second-order valence-corrected chi connectivity index (χ2v) is 4.92. The van der Waals surface area contributed by atoms with Crippen LogP contribution in [0.25, 0.3) is 0 Å². The van der Waals surface area contributed by atoms with Crippen LogP contribution in [0, 0.1) is 0 Å². The number of alkyl halides is 3. The maximum Gasteiger partial charge on any atom is 0.416 e. The van der Waals surface area contributed by atoms with Crippen molar-refractivity contribution in [2.24, 2.45) is 0 Å². The quantitative estimate of drug-likeness (QED) is 0.727. The Bertz CT molecular complexity index is 532. The second kappa shape index (κ2) is 5.14. The molecule has 0 aliphatic heterocycles. The van der Waals surface area contributed by atoms with Crippen LogP contribution in [-0.2, 0) is 12.6 Å². The van der Waals surface area contributed by atoms with Gasteiger partial charge in [0, 0.05) is 4.47 Å². The third-order valence-corrected chi connectivity index (χ3v) is 2.99. The van der Waals surface area contributed by atoms with E-state index in [0.29, 0.717) is 16.5 Å². The SMILES string of the molecule is FC(F)(F)c1cc(Br)cc(Cc2ccccc2)c1. The van der Waals surface area contributed by atoms with Crippen molar-refractivity contribution in [1.82, 2.24) is 0 Å². The summed E-state index contributed by atoms with van der Waals surface area (Å²) in [5.41, 5.74) is 1.01. The van der Waals surface area contributed by atoms with Crippen LogP contribution in [0.2, 0.25) is 0 Å². The van der Waals surface area contributed by atoms with E-state index in [0.717, 1.165) is 11.6 Å². The first-order valence-electron chi connectivity index (χ1n) is 5.36. The van der Waals surface area contributed by atoms with E-state index in [4.69, 9.17) is 0 Å². The van der Waals surface area contributed by atoms with Gasteiger partial charge in [-0.3, -0.25) is 0 Å². The molecule has 2 aromatic rings. The molecule has 0 N–H and O–H groups in total. The summed E-state index contributed by atoms with van der Waals surface area (Å²) in [5, 5.41) is 0. The average Bonchev–Trinajstić information content (AvgIpc) is 2.28. The molecule has 0 bridgehead atoms. The van der Waals surface area contributed by atoms with Crippen molar-refractivity contribution in [3.05, 3.63) is 69.7 Å². The second-order valence-electron chi connectivity index (χ2n) is 4.01. The summed E-state index contributed by atoms with van der Waals surface area (Å²) < 4.78 is 38.4. The lowest BCUT2D eigenvalue weighted by Crippen LogP contribution is -2.05. The molecule has 0 aliphatic rings. The highest BCUT2D eigenvalue weighted by Crippen LogP contribution is 2.32. The van der Waals surface area contributed by atoms with Crippen LogP contribution in [0.5, 0.6) is 0 Å². The van der Waals surface area contributed by atoms with Crippen molar-refractivity contribution >= 4 is 15.9 Å². The largest absolute Gasteiger partial charge is 0.416 e. The van der Waals surface area contributed by atoms with Crippen LogP contribution in [0.3, 0.4) is 0 Å². The van der Waals surface area contributed by atoms with Crippen LogP contribution in [-0.4, -0.2) is 0 Å². The van der Waals surface area contributed by atoms with Crippen molar-refractivity contribution in [3.63, 3.8) is 0 Å². The van der Waals surface area contributed by atoms with Crippen molar-refractivity contribution in [3.8, 4) is 0 Å². The molecule has 0 saturated heterocycles. The zero-order valence-electron chi connectivity index (χ0n) is 9.34. The van der Waals surface area contributed by atoms with E-state index in [9.17, 15) is 13.2 Å². The molecular weight excluding hydrogens is 305 g/mol. The average molecular weight is 315 g/mol. The molecule has 0 aliphatic carbocycles. The zero-order chi connectivity index (χ0) is 13.2. The van der Waals surface area contributed by atoms with E-state index < -0.39 is 11.7 Å². The van der Waals surface area contributed by atoms with E-state index in [1.807, 2.05) is 30.3 Å². The third-order valence-electron chi connectivity index (χ3n) is 2.54. The Labute approximate surface area is 112 Å². The third kappa shape index (κ3) is 3.35. The Balaban J connectivity index is 2.32. The Kier molecular flexibility index (Phi) is 3.76. The van der Waals surface area contributed by atoms with Gasteiger partial charge in [0.15, 0.2) is 0 Å². The predicted molar refractivity (Wildman–Crippen MR) is 68.4 cm³/mol. The molecule has 0 heterocycles. The van der Waals surface area contributed by atoms with Gasteiger partial charge in [-0.1, -0.05) is 46.3 Å². The van der Waals surface area contributed by atoms with Gasteiger partial charge < -0.3 is 0 Å². The Morgan fingerprint density at radius 2 is 1.56 bits per heavy atom. The summed E-state index contributed by atoms with van der Waals surface area (Å²) in [4.78, 5) is 0. The van der Waals surface area contributed by atoms with Gasteiger partial charge in [-0.25, -0.2) is 0 Å². The predicted octanol–water partition coefficient (Wildman–Crippen LogP) is 5.06. The van der Waals surface area contributed by atoms with E-state index in [1.165, 1.54) is 6.07 Å². The Hall–Kier alpha value is -1.29. The first-order chi connectivity index (χ1) is 8.45. The fourth-order valence-corrected chi connectivity index (χ4v) is 2.29. The molecule has 4 heteroatoms. The lowest BCUT2D eigenvalue weighted by Gasteiger charge is -2.10. The van der Waals surface area contributed by atoms with Gasteiger partial charge in [-0.05, 0) is 35.7 Å². The van der Waals surface area contributed by atoms with Crippen molar-refractivity contribution in [2.45, 2.75) is 12.6 Å². The highest BCUT2D eigenvalue weighted by Gasteiger charge is 2.30. The van der Waals surface area contributed by atoms with Crippen LogP contribution in [0.15, 0.2) is 53.0 Å². The fraction of sp³-hybridized carbons (Fsp3) is 0.143. The fourth-order valence-electron chi connectivity index (χ4n) is 1.75. The monoisotopic (exact) mass is 314 g/mol. The van der Waals surface area contributed by atoms with Gasteiger partial charge in [-0.2, -0.15) is 13.2 Å². The zero-order valence-corrected chi connectivity index (χ0v) is 10.9. The first-order valence-corrected chi connectivity index (χ1v) is 6.15. The summed E-state index contributed by atoms with van der Waals surface area (Å²) in [6, 6.07) is 13.4. The number of hydrogen-bond donors (Lipinski definition) is 0. The standard InChI is InChI=1S/C14H10BrF3/c15-13-8-11(6-10-4-2-1-3-5-10)7-12(9-13)14(16,17)18/h1-5,7-9H,6H2. The van der Waals surface area contributed by atoms with Gasteiger partial charge in [0.25, 0.3) is 0 Å². The summed E-state index contributed by atoms with van der Waals surface area (Å²) in [6.45, 7) is 0. The lowest BCUT2D eigenvalue weighted by molar-refractivity contribution is -0.137. The normalized spacial score (nSPS) is 11.6. The van der Waals surface area contributed by atoms with Gasteiger partial charge in [0.1, 0.15) is 0 Å². The molecule has 2 rings (SSSR count). The Morgan fingerprint density at radius 3 is 2.17 bits per heavy atom. The number of hydrogen-bond acceptors (Lipinski definition) is 0. The molecule has 18 heavy (non-hydrogen) atoms. The molecule has 0 spiro atoms. The van der Waals surface area contributed by atoms with Crippen LogP contribution in [0.4, 0.5) is 13.2 Å². The molecule has 0 fully saturated rings. The Morgan fingerprint density at radius 1 is 0.889 bits per heavy atom. The molecule has 0 atom stereocenters. The summed E-state index contributed by atoms with van der Waals surface area (Å²) in [5.74, 6) is 0. The van der Waals surface area contributed by atoms with Crippen molar-refractivity contribution in [1.29, 1.82) is 0 Å². The molecule has 0 aromatic heterocycles. The molecular formula is C14H10BrF3. The minimum absolute atomic E-state index is 0.447. The maximum absolute atomic E-state index is 12.7. The van der Waals surface area contributed by atoms with Gasteiger partial charge in [-0.15, -0.1) is 0 Å². The van der Waals surface area contributed by atoms with E-state index in [2.05, 4.69) is 15.9 Å². The van der Waals surface area contributed by atoms with Gasteiger partial charge in [0.05, 0.1) is 5.56 Å². The molecule has 0 unspecified atom stereocenters. The van der Waals surface area contributed by atoms with E-state index >= 15 is 0 Å². The molecule has 0 nitrogen and oxygen atoms in total. The lowest BCUT2D eigenvalue weighted by atomic mass is 10.0. The van der Waals surface area contributed by atoms with Crippen LogP contribution in [0.1, 0.15) is 16.7 Å². The number of halogens is 4. The highest BCUT2D eigenvalue weighted by atomic mass is 79.9. The van der Waals surface area contributed by atoms with E-state index in [-0.39, 0.29) is 0 Å². The summed E-state index contributed by atoms with van der Waals surface area (Å²) in [6.07, 6.45) is -3.82. The van der Waals surface area contributed by atoms with Crippen molar-refractivity contribution in [2.75, 3.05) is 0 Å². The van der Waals surface area contributed by atoms with Gasteiger partial charge >= 0.3 is 6.18 Å². The van der Waals surface area contributed by atoms with Crippen LogP contribution < -0.4 is 0 Å². The molecule has 0 amide bonds. The smallest absolute Gasteiger partial charge is 0.166 e. The van der Waals surface area contributed by atoms with E-state index in [1.54, 1.807) is 6.07 Å². The summed E-state index contributed by atoms with van der Waals surface area (Å²) >= 11 is 3.12. The topological polar surface area (TPSA) is 0 Å². The molecule has 2 aromatic carbocycles.